The quantitative estimate of drug-likeness (QED) is 0.398. The molecule has 3 nitrogen and oxygen atoms in total. The second-order valence-corrected chi connectivity index (χ2v) is 15.3. The molecule has 0 bridgehead atoms. The number of anilines is 1. The highest BCUT2D eigenvalue weighted by atomic mass is 16.1. The highest BCUT2D eigenvalue weighted by Crippen LogP contribution is 2.68. The normalized spacial score (nSPS) is 42.7. The van der Waals surface area contributed by atoms with Gasteiger partial charge in [-0.2, -0.15) is 0 Å². The van der Waals surface area contributed by atoms with Crippen molar-refractivity contribution in [3.8, 4) is 0 Å². The van der Waals surface area contributed by atoms with E-state index in [1.54, 1.807) is 0 Å². The van der Waals surface area contributed by atoms with Gasteiger partial charge in [0, 0.05) is 30.7 Å². The molecule has 1 aliphatic heterocycles. The Hall–Kier alpha value is -1.51. The summed E-state index contributed by atoms with van der Waals surface area (Å²) in [4.78, 5) is 15.6. The van der Waals surface area contributed by atoms with Gasteiger partial charge in [0.05, 0.1) is 0 Å². The summed E-state index contributed by atoms with van der Waals surface area (Å²) in [6.45, 7) is 11.2. The first-order valence-electron chi connectivity index (χ1n) is 16.9. The molecule has 0 aromatic heterocycles. The van der Waals surface area contributed by atoms with Crippen LogP contribution in [0.4, 0.5) is 5.69 Å². The van der Waals surface area contributed by atoms with E-state index >= 15 is 0 Å². The van der Waals surface area contributed by atoms with Crippen LogP contribution in [0.15, 0.2) is 30.3 Å². The van der Waals surface area contributed by atoms with E-state index in [4.69, 9.17) is 0 Å². The molecule has 216 valence electrons. The Morgan fingerprint density at radius 2 is 1.74 bits per heavy atom. The molecule has 1 aromatic rings. The van der Waals surface area contributed by atoms with E-state index in [9.17, 15) is 4.79 Å². The van der Waals surface area contributed by atoms with Gasteiger partial charge in [-0.25, -0.2) is 0 Å². The van der Waals surface area contributed by atoms with E-state index in [0.717, 1.165) is 55.4 Å². The maximum Gasteiger partial charge on any atom is 0.220 e. The minimum Gasteiger partial charge on any atom is -0.369 e. The number of rotatable bonds is 6. The van der Waals surface area contributed by atoms with Gasteiger partial charge >= 0.3 is 0 Å². The van der Waals surface area contributed by atoms with Crippen molar-refractivity contribution in [1.29, 1.82) is 0 Å². The molecule has 3 heteroatoms. The first-order chi connectivity index (χ1) is 18.8. The van der Waals surface area contributed by atoms with Crippen LogP contribution in [0.1, 0.15) is 118 Å². The molecule has 1 amide bonds. The van der Waals surface area contributed by atoms with Crippen molar-refractivity contribution in [2.75, 3.05) is 11.4 Å². The van der Waals surface area contributed by atoms with Gasteiger partial charge in [0.25, 0.3) is 0 Å². The Labute approximate surface area is 239 Å². The fraction of sp³-hybridized carbons (Fsp3) is 0.806. The zero-order chi connectivity index (χ0) is 27.2. The zero-order valence-electron chi connectivity index (χ0n) is 25.5. The number of hydrogen-bond donors (Lipinski definition) is 1. The summed E-state index contributed by atoms with van der Waals surface area (Å²) >= 11 is 0. The number of para-hydroxylation sites is 1. The van der Waals surface area contributed by atoms with E-state index in [-0.39, 0.29) is 0 Å². The van der Waals surface area contributed by atoms with Crippen LogP contribution in [0.2, 0.25) is 0 Å². The van der Waals surface area contributed by atoms with Crippen LogP contribution in [-0.2, 0) is 4.79 Å². The molecule has 5 aliphatic rings. The second kappa shape index (κ2) is 11.1. The molecule has 0 radical (unpaired) electrons. The van der Waals surface area contributed by atoms with Crippen LogP contribution in [0.5, 0.6) is 0 Å². The monoisotopic (exact) mass is 532 g/mol. The summed E-state index contributed by atoms with van der Waals surface area (Å²) in [5.41, 5.74) is 2.45. The summed E-state index contributed by atoms with van der Waals surface area (Å²) in [6, 6.07) is 11.5. The SMILES string of the molecule is CC1CC(NC(=O)CC[C@@H](C)[C@H]2CC[C@H]3[C@@H]4CCC5CCCC[C@]5(C)[C@H]4CC[C@]23C)CCN1c1ccccc1. The summed E-state index contributed by atoms with van der Waals surface area (Å²) in [5, 5.41) is 3.44. The lowest BCUT2D eigenvalue weighted by Crippen LogP contribution is -2.53. The lowest BCUT2D eigenvalue weighted by atomic mass is 9.44. The number of hydrogen-bond acceptors (Lipinski definition) is 2. The third-order valence-corrected chi connectivity index (χ3v) is 13.5. The lowest BCUT2D eigenvalue weighted by molar-refractivity contribution is -0.123. The lowest BCUT2D eigenvalue weighted by Gasteiger charge is -2.61. The van der Waals surface area contributed by atoms with Gasteiger partial charge in [-0.3, -0.25) is 4.79 Å². The third-order valence-electron chi connectivity index (χ3n) is 13.5. The van der Waals surface area contributed by atoms with Gasteiger partial charge in [-0.05, 0) is 136 Å². The minimum atomic E-state index is 0.291. The second-order valence-electron chi connectivity index (χ2n) is 15.3. The molecule has 6 rings (SSSR count). The van der Waals surface area contributed by atoms with E-state index in [2.05, 4.69) is 68.2 Å². The van der Waals surface area contributed by atoms with E-state index in [0.29, 0.717) is 41.2 Å². The summed E-state index contributed by atoms with van der Waals surface area (Å²) in [6.07, 6.45) is 18.6. The molecule has 10 atom stereocenters. The summed E-state index contributed by atoms with van der Waals surface area (Å²) in [5.74, 6) is 5.68. The number of nitrogens with one attached hydrogen (secondary N) is 1. The van der Waals surface area contributed by atoms with E-state index in [1.807, 2.05) is 0 Å². The Morgan fingerprint density at radius 1 is 0.949 bits per heavy atom. The number of carbonyl (C=O) groups is 1. The van der Waals surface area contributed by atoms with Crippen molar-refractivity contribution in [1.82, 2.24) is 5.32 Å². The number of nitrogens with zero attached hydrogens (tertiary/aromatic N) is 1. The molecular weight excluding hydrogens is 476 g/mol. The van der Waals surface area contributed by atoms with Gasteiger partial charge < -0.3 is 10.2 Å². The maximum atomic E-state index is 13.1. The van der Waals surface area contributed by atoms with Crippen LogP contribution in [-0.4, -0.2) is 24.5 Å². The van der Waals surface area contributed by atoms with Crippen molar-refractivity contribution in [3.63, 3.8) is 0 Å². The molecule has 39 heavy (non-hydrogen) atoms. The first-order valence-corrected chi connectivity index (χ1v) is 16.9. The van der Waals surface area contributed by atoms with Crippen molar-refractivity contribution < 1.29 is 4.79 Å². The van der Waals surface area contributed by atoms with Crippen LogP contribution in [0.3, 0.4) is 0 Å². The number of fused-ring (bicyclic) bond motifs is 5. The largest absolute Gasteiger partial charge is 0.369 e. The zero-order valence-corrected chi connectivity index (χ0v) is 25.5. The molecule has 3 unspecified atom stereocenters. The van der Waals surface area contributed by atoms with Crippen molar-refractivity contribution >= 4 is 11.6 Å². The van der Waals surface area contributed by atoms with Crippen LogP contribution >= 0.6 is 0 Å². The number of carbonyl (C=O) groups excluding carboxylic acids is 1. The summed E-state index contributed by atoms with van der Waals surface area (Å²) in [7, 11) is 0. The van der Waals surface area contributed by atoms with Gasteiger partial charge in [-0.15, -0.1) is 0 Å². The minimum absolute atomic E-state index is 0.291. The Balaban J connectivity index is 1.01. The molecular formula is C36H56N2O. The molecule has 1 saturated heterocycles. The van der Waals surface area contributed by atoms with E-state index in [1.165, 1.54) is 69.9 Å². The average Bonchev–Trinajstić information content (AvgIpc) is 3.29. The van der Waals surface area contributed by atoms with Crippen molar-refractivity contribution in [2.45, 2.75) is 130 Å². The number of piperidine rings is 1. The third kappa shape index (κ3) is 5.07. The predicted molar refractivity (Wildman–Crippen MR) is 163 cm³/mol. The van der Waals surface area contributed by atoms with Crippen LogP contribution in [0, 0.1) is 46.3 Å². The topological polar surface area (TPSA) is 32.3 Å². The molecule has 1 N–H and O–H groups in total. The highest BCUT2D eigenvalue weighted by Gasteiger charge is 2.60. The van der Waals surface area contributed by atoms with Crippen molar-refractivity contribution in [3.05, 3.63) is 30.3 Å². The predicted octanol–water partition coefficient (Wildman–Crippen LogP) is 8.63. The number of benzene rings is 1. The number of amides is 1. The Kier molecular flexibility index (Phi) is 7.83. The molecule has 0 spiro atoms. The maximum absolute atomic E-state index is 13.1. The molecule has 1 heterocycles. The van der Waals surface area contributed by atoms with Gasteiger partial charge in [0.1, 0.15) is 0 Å². The smallest absolute Gasteiger partial charge is 0.220 e. The fourth-order valence-corrected chi connectivity index (χ4v) is 11.4. The van der Waals surface area contributed by atoms with Crippen LogP contribution < -0.4 is 10.2 Å². The standard InChI is InChI=1S/C36H56N2O/c1-25(13-18-34(39)37-28-20-23-38(26(2)24-28)29-11-6-5-7-12-29)31-16-17-32-30-15-14-27-10-8-9-21-35(27,3)33(30)19-22-36(31,32)4/h5-7,11-12,25-28,30-33H,8-10,13-24H2,1-4H3,(H,37,39)/t25-,26?,27?,28?,30+,31-,32+,33+,35+,36-/m1/s1. The molecule has 1 aromatic carbocycles. The van der Waals surface area contributed by atoms with Crippen molar-refractivity contribution in [2.24, 2.45) is 46.3 Å². The van der Waals surface area contributed by atoms with Gasteiger partial charge in [0.15, 0.2) is 0 Å². The van der Waals surface area contributed by atoms with Gasteiger partial charge in [0.2, 0.25) is 5.91 Å². The molecule has 4 saturated carbocycles. The fourth-order valence-electron chi connectivity index (χ4n) is 11.4. The molecule has 4 aliphatic carbocycles. The van der Waals surface area contributed by atoms with Gasteiger partial charge in [-0.1, -0.05) is 51.8 Å². The highest BCUT2D eigenvalue weighted by molar-refractivity contribution is 5.76. The summed E-state index contributed by atoms with van der Waals surface area (Å²) < 4.78 is 0. The van der Waals surface area contributed by atoms with E-state index < -0.39 is 0 Å². The van der Waals surface area contributed by atoms with Crippen LogP contribution in [0.25, 0.3) is 0 Å². The average molecular weight is 533 g/mol. The Morgan fingerprint density at radius 3 is 2.54 bits per heavy atom. The first kappa shape index (κ1) is 27.6. The molecule has 5 fully saturated rings. The Bertz CT molecular complexity index is 993.